The van der Waals surface area contributed by atoms with Crippen LogP contribution in [0.15, 0.2) is 24.3 Å². The van der Waals surface area contributed by atoms with Gasteiger partial charge in [0.15, 0.2) is 0 Å². The molecular weight excluding hydrogens is 295 g/mol. The van der Waals surface area contributed by atoms with Crippen molar-refractivity contribution in [1.29, 1.82) is 0 Å². The molecule has 0 heterocycles. The molecule has 0 amide bonds. The topological polar surface area (TPSA) is 91.7 Å². The predicted molar refractivity (Wildman–Crippen MR) is 46.8 cm³/mol. The van der Waals surface area contributed by atoms with E-state index in [9.17, 15) is 9.59 Å². The van der Waals surface area contributed by atoms with Crippen LogP contribution in [0.25, 0.3) is 0 Å². The van der Waals surface area contributed by atoms with Gasteiger partial charge in [-0.1, -0.05) is 0 Å². The van der Waals surface area contributed by atoms with Crippen LogP contribution in [0.1, 0.15) is 20.7 Å². The van der Waals surface area contributed by atoms with Crippen LogP contribution < -0.4 is 0 Å². The molecule has 0 aliphatic heterocycles. The molecule has 0 aromatic heterocycles. The SMILES string of the molecule is O=C(O)c1ccc(C(=O)O)cc1.[O]=[Sn]. The fourth-order valence-electron chi connectivity index (χ4n) is 0.755. The normalized spacial score (nSPS) is 8.29. The predicted octanol–water partition coefficient (Wildman–Crippen LogP) is 0.583. The van der Waals surface area contributed by atoms with Crippen LogP contribution in [0, 0.1) is 0 Å². The Labute approximate surface area is 92.8 Å². The van der Waals surface area contributed by atoms with E-state index in [4.69, 9.17) is 13.3 Å². The van der Waals surface area contributed by atoms with Gasteiger partial charge in [0.05, 0.1) is 11.1 Å². The molecule has 1 rings (SSSR count). The fraction of sp³-hybridized carbons (Fsp3) is 0. The third-order valence-corrected chi connectivity index (χ3v) is 1.38. The summed E-state index contributed by atoms with van der Waals surface area (Å²) in [6.45, 7) is 0. The van der Waals surface area contributed by atoms with Crippen LogP contribution >= 0.6 is 0 Å². The third kappa shape index (κ3) is 3.65. The van der Waals surface area contributed by atoms with Crippen molar-refractivity contribution in [2.24, 2.45) is 0 Å². The Bertz CT molecular complexity index is 299. The first-order chi connectivity index (χ1) is 6.61. The number of benzene rings is 1. The quantitative estimate of drug-likeness (QED) is 0.780. The average Bonchev–Trinajstić information content (AvgIpc) is 2.21. The van der Waals surface area contributed by atoms with Gasteiger partial charge in [-0.05, 0) is 24.3 Å². The zero-order valence-electron chi connectivity index (χ0n) is 6.93. The summed E-state index contributed by atoms with van der Waals surface area (Å²) in [5.74, 6) is -2.13. The Morgan fingerprint density at radius 1 is 0.857 bits per heavy atom. The average molecular weight is 301 g/mol. The molecule has 0 aliphatic carbocycles. The fourth-order valence-corrected chi connectivity index (χ4v) is 0.755. The summed E-state index contributed by atoms with van der Waals surface area (Å²) in [4.78, 5) is 20.7. The number of carboxylic acids is 2. The van der Waals surface area contributed by atoms with Gasteiger partial charge in [0.25, 0.3) is 0 Å². The van der Waals surface area contributed by atoms with E-state index in [0.717, 1.165) is 0 Å². The first-order valence-corrected chi connectivity index (χ1v) is 4.55. The second-order valence-corrected chi connectivity index (χ2v) is 2.19. The van der Waals surface area contributed by atoms with Gasteiger partial charge in [-0.25, -0.2) is 9.59 Å². The number of aromatic carboxylic acids is 2. The molecule has 1 aromatic rings. The molecule has 0 bridgehead atoms. The number of carboxylic acid groups (broad SMARTS) is 2. The van der Waals surface area contributed by atoms with Gasteiger partial charge in [-0.15, -0.1) is 0 Å². The Morgan fingerprint density at radius 2 is 1.07 bits per heavy atom. The summed E-state index contributed by atoms with van der Waals surface area (Å²) in [7, 11) is 0. The third-order valence-electron chi connectivity index (χ3n) is 1.38. The van der Waals surface area contributed by atoms with Crippen LogP contribution in [0.2, 0.25) is 0 Å². The summed E-state index contributed by atoms with van der Waals surface area (Å²) in [5, 5.41) is 16.9. The van der Waals surface area contributed by atoms with Crippen molar-refractivity contribution in [3.05, 3.63) is 35.4 Å². The van der Waals surface area contributed by atoms with E-state index in [1.54, 1.807) is 0 Å². The summed E-state index contributed by atoms with van der Waals surface area (Å²) in [6.07, 6.45) is 0. The van der Waals surface area contributed by atoms with Gasteiger partial charge in [-0.3, -0.25) is 0 Å². The van der Waals surface area contributed by atoms with Crippen molar-refractivity contribution in [2.75, 3.05) is 0 Å². The minimum atomic E-state index is -1.06. The number of hydrogen-bond donors (Lipinski definition) is 2. The molecule has 0 aliphatic rings. The first-order valence-electron chi connectivity index (χ1n) is 3.38. The monoisotopic (exact) mass is 302 g/mol. The summed E-state index contributed by atoms with van der Waals surface area (Å²) in [6, 6.07) is 5.02. The maximum absolute atomic E-state index is 10.3. The minimum absolute atomic E-state index is 0.0833. The Hall–Kier alpha value is -1.24. The van der Waals surface area contributed by atoms with Gasteiger partial charge >= 0.3 is 37.5 Å². The molecular formula is C8H6O5Sn. The zero-order chi connectivity index (χ0) is 11.1. The molecule has 0 atom stereocenters. The van der Waals surface area contributed by atoms with Crippen LogP contribution in [0.4, 0.5) is 0 Å². The van der Waals surface area contributed by atoms with E-state index in [-0.39, 0.29) is 11.1 Å². The van der Waals surface area contributed by atoms with Crippen LogP contribution in [0.5, 0.6) is 0 Å². The molecule has 0 spiro atoms. The molecule has 2 radical (unpaired) electrons. The van der Waals surface area contributed by atoms with Crippen molar-refractivity contribution in [3.63, 3.8) is 0 Å². The Balaban J connectivity index is 0.000000791. The molecule has 0 saturated carbocycles. The van der Waals surface area contributed by atoms with E-state index in [0.29, 0.717) is 22.5 Å². The standard InChI is InChI=1S/C8H6O4.O.Sn/c9-7(10)5-1-2-6(4-3-5)8(11)12;;/h1-4H,(H,9,10)(H,11,12);;. The van der Waals surface area contributed by atoms with E-state index in [1.165, 1.54) is 24.3 Å². The molecule has 5 nitrogen and oxygen atoms in total. The van der Waals surface area contributed by atoms with Gasteiger partial charge in [0.1, 0.15) is 0 Å². The summed E-state index contributed by atoms with van der Waals surface area (Å²) in [5.41, 5.74) is 0.167. The first kappa shape index (κ1) is 12.8. The van der Waals surface area contributed by atoms with Crippen molar-refractivity contribution in [3.8, 4) is 0 Å². The molecule has 6 heteroatoms. The van der Waals surface area contributed by atoms with Crippen molar-refractivity contribution in [2.45, 2.75) is 0 Å². The zero-order valence-corrected chi connectivity index (χ0v) is 9.78. The summed E-state index contributed by atoms with van der Waals surface area (Å²) < 4.78 is 8.34. The van der Waals surface area contributed by atoms with Crippen LogP contribution in [-0.2, 0) is 3.08 Å². The Kier molecular flexibility index (Phi) is 5.69. The molecule has 14 heavy (non-hydrogen) atoms. The molecule has 72 valence electrons. The van der Waals surface area contributed by atoms with Gasteiger partial charge < -0.3 is 10.2 Å². The van der Waals surface area contributed by atoms with E-state index in [1.807, 2.05) is 0 Å². The van der Waals surface area contributed by atoms with Gasteiger partial charge in [-0.2, -0.15) is 0 Å². The van der Waals surface area contributed by atoms with E-state index in [2.05, 4.69) is 0 Å². The Morgan fingerprint density at radius 3 is 1.21 bits per heavy atom. The van der Waals surface area contributed by atoms with Crippen molar-refractivity contribution in [1.82, 2.24) is 0 Å². The van der Waals surface area contributed by atoms with Crippen molar-refractivity contribution < 1.29 is 22.9 Å². The van der Waals surface area contributed by atoms with Crippen molar-refractivity contribution >= 4 is 34.4 Å². The second kappa shape index (κ2) is 6.25. The van der Waals surface area contributed by atoms with E-state index >= 15 is 0 Å². The molecule has 0 saturated heterocycles. The molecule has 2 N–H and O–H groups in total. The maximum atomic E-state index is 10.3. The molecule has 0 fully saturated rings. The summed E-state index contributed by atoms with van der Waals surface area (Å²) >= 11 is 0.300. The van der Waals surface area contributed by atoms with Crippen LogP contribution in [0.3, 0.4) is 0 Å². The number of hydrogen-bond acceptors (Lipinski definition) is 3. The second-order valence-electron chi connectivity index (χ2n) is 2.19. The number of carbonyl (C=O) groups is 2. The molecule has 1 aromatic carbocycles. The van der Waals surface area contributed by atoms with Gasteiger partial charge in [0.2, 0.25) is 0 Å². The van der Waals surface area contributed by atoms with E-state index < -0.39 is 11.9 Å². The van der Waals surface area contributed by atoms with Crippen LogP contribution in [-0.4, -0.2) is 44.7 Å². The molecule has 0 unspecified atom stereocenters. The van der Waals surface area contributed by atoms with Gasteiger partial charge in [0, 0.05) is 0 Å². The number of rotatable bonds is 2.